The van der Waals surface area contributed by atoms with Gasteiger partial charge in [0, 0.05) is 23.3 Å². The molecule has 2 rings (SSSR count). The topological polar surface area (TPSA) is 38.9 Å². The highest BCUT2D eigenvalue weighted by Gasteiger charge is 2.18. The number of rotatable bonds is 3. The second-order valence-electron chi connectivity index (χ2n) is 6.53. The van der Waals surface area contributed by atoms with E-state index >= 15 is 0 Å². The third kappa shape index (κ3) is 3.47. The van der Waals surface area contributed by atoms with Gasteiger partial charge in [0.25, 0.3) is 0 Å². The maximum atomic E-state index is 6.33. The molecule has 0 amide bonds. The first-order valence-electron chi connectivity index (χ1n) is 7.05. The van der Waals surface area contributed by atoms with Crippen LogP contribution in [-0.4, -0.2) is 4.98 Å². The van der Waals surface area contributed by atoms with Crippen LogP contribution in [-0.2, 0) is 11.8 Å². The number of benzene rings is 1. The lowest BCUT2D eigenvalue weighted by atomic mass is 9.93. The molecule has 2 aromatic rings. The Balaban J connectivity index is 2.13. The van der Waals surface area contributed by atoms with Crippen LogP contribution in [0.3, 0.4) is 0 Å². The monoisotopic (exact) mass is 288 g/mol. The third-order valence-electron chi connectivity index (χ3n) is 3.67. The molecule has 1 aromatic carbocycles. The first-order valence-corrected chi connectivity index (χ1v) is 7.93. The highest BCUT2D eigenvalue weighted by Crippen LogP contribution is 2.26. The predicted molar refractivity (Wildman–Crippen MR) is 87.4 cm³/mol. The van der Waals surface area contributed by atoms with E-state index in [1.54, 1.807) is 11.3 Å². The lowest BCUT2D eigenvalue weighted by molar-refractivity contribution is 0.569. The first kappa shape index (κ1) is 15.2. The summed E-state index contributed by atoms with van der Waals surface area (Å²) in [6.07, 6.45) is 0.809. The Kier molecular flexibility index (Phi) is 4.31. The van der Waals surface area contributed by atoms with Gasteiger partial charge in [-0.2, -0.15) is 0 Å². The second-order valence-corrected chi connectivity index (χ2v) is 7.47. The summed E-state index contributed by atoms with van der Waals surface area (Å²) in [7, 11) is 0. The number of hydrogen-bond donors (Lipinski definition) is 1. The van der Waals surface area contributed by atoms with Gasteiger partial charge in [-0.1, -0.05) is 39.0 Å². The Bertz CT molecular complexity index is 593. The van der Waals surface area contributed by atoms with Crippen molar-refractivity contribution in [2.24, 2.45) is 5.73 Å². The van der Waals surface area contributed by atoms with E-state index in [4.69, 9.17) is 10.7 Å². The van der Waals surface area contributed by atoms with Gasteiger partial charge in [0.2, 0.25) is 0 Å². The van der Waals surface area contributed by atoms with Gasteiger partial charge >= 0.3 is 0 Å². The van der Waals surface area contributed by atoms with Crippen LogP contribution in [0.15, 0.2) is 23.6 Å². The Morgan fingerprint density at radius 1 is 1.20 bits per heavy atom. The van der Waals surface area contributed by atoms with Crippen molar-refractivity contribution in [3.63, 3.8) is 0 Å². The number of aryl methyl sites for hydroxylation is 2. The first-order chi connectivity index (χ1) is 9.27. The molecule has 1 heterocycles. The molecule has 0 saturated heterocycles. The smallest absolute Gasteiger partial charge is 0.0947 e. The summed E-state index contributed by atoms with van der Waals surface area (Å²) >= 11 is 1.72. The molecule has 0 spiro atoms. The molecule has 0 bridgehead atoms. The zero-order chi connectivity index (χ0) is 14.9. The van der Waals surface area contributed by atoms with Crippen molar-refractivity contribution in [3.8, 4) is 0 Å². The normalized spacial score (nSPS) is 13.5. The van der Waals surface area contributed by atoms with Gasteiger partial charge in [0.1, 0.15) is 0 Å². The van der Waals surface area contributed by atoms with Crippen LogP contribution in [0, 0.1) is 13.8 Å². The van der Waals surface area contributed by atoms with Gasteiger partial charge in [-0.3, -0.25) is 0 Å². The largest absolute Gasteiger partial charge is 0.324 e. The fourth-order valence-electron chi connectivity index (χ4n) is 2.05. The van der Waals surface area contributed by atoms with Crippen LogP contribution in [0.2, 0.25) is 0 Å². The van der Waals surface area contributed by atoms with Gasteiger partial charge in [-0.05, 0) is 30.5 Å². The fourth-order valence-corrected chi connectivity index (χ4v) is 3.13. The van der Waals surface area contributed by atoms with Crippen molar-refractivity contribution >= 4 is 11.3 Å². The molecule has 1 unspecified atom stereocenters. The molecule has 1 aromatic heterocycles. The molecule has 3 heteroatoms. The molecule has 2 N–H and O–H groups in total. The number of nitrogens with zero attached hydrogens (tertiary/aromatic N) is 1. The summed E-state index contributed by atoms with van der Waals surface area (Å²) < 4.78 is 0. The zero-order valence-electron chi connectivity index (χ0n) is 13.0. The van der Waals surface area contributed by atoms with Crippen LogP contribution in [0.4, 0.5) is 0 Å². The van der Waals surface area contributed by atoms with Crippen molar-refractivity contribution in [2.75, 3.05) is 0 Å². The summed E-state index contributed by atoms with van der Waals surface area (Å²) in [4.78, 5) is 4.73. The van der Waals surface area contributed by atoms with Crippen molar-refractivity contribution < 1.29 is 0 Å². The van der Waals surface area contributed by atoms with Crippen molar-refractivity contribution in [1.29, 1.82) is 0 Å². The predicted octanol–water partition coefficient (Wildman–Crippen LogP) is 4.30. The zero-order valence-corrected chi connectivity index (χ0v) is 13.8. The van der Waals surface area contributed by atoms with Crippen LogP contribution in [0.5, 0.6) is 0 Å². The standard InChI is InChI=1S/C17H24N2S/c1-11-6-7-13(8-12(11)2)14(18)9-16-19-15(10-20-16)17(3,4)5/h6-8,10,14H,9,18H2,1-5H3. The molecule has 1 atom stereocenters. The summed E-state index contributed by atoms with van der Waals surface area (Å²) in [5, 5.41) is 3.28. The van der Waals surface area contributed by atoms with Crippen molar-refractivity contribution in [3.05, 3.63) is 51.0 Å². The molecule has 0 aliphatic rings. The van der Waals surface area contributed by atoms with E-state index in [0.717, 1.165) is 17.1 Å². The van der Waals surface area contributed by atoms with Crippen LogP contribution in [0.1, 0.15) is 54.2 Å². The lowest BCUT2D eigenvalue weighted by Gasteiger charge is -2.15. The van der Waals surface area contributed by atoms with Gasteiger partial charge in [0.15, 0.2) is 0 Å². The van der Waals surface area contributed by atoms with Crippen LogP contribution < -0.4 is 5.73 Å². The molecular weight excluding hydrogens is 264 g/mol. The Labute approximate surface area is 126 Å². The molecule has 0 radical (unpaired) electrons. The van der Waals surface area contributed by atoms with Gasteiger partial charge in [-0.15, -0.1) is 11.3 Å². The number of aromatic nitrogens is 1. The molecule has 0 saturated carbocycles. The van der Waals surface area contributed by atoms with Crippen LogP contribution in [0.25, 0.3) is 0 Å². The highest BCUT2D eigenvalue weighted by atomic mass is 32.1. The Hall–Kier alpha value is -1.19. The van der Waals surface area contributed by atoms with Gasteiger partial charge in [-0.25, -0.2) is 4.98 Å². The summed E-state index contributed by atoms with van der Waals surface area (Å²) in [5.74, 6) is 0. The van der Waals surface area contributed by atoms with E-state index in [1.807, 2.05) is 0 Å². The van der Waals surface area contributed by atoms with Crippen molar-refractivity contribution in [1.82, 2.24) is 4.98 Å². The average Bonchev–Trinajstić information content (AvgIpc) is 2.81. The number of nitrogens with two attached hydrogens (primary N) is 1. The summed E-state index contributed by atoms with van der Waals surface area (Å²) in [6.45, 7) is 10.8. The van der Waals surface area contributed by atoms with Gasteiger partial charge < -0.3 is 5.73 Å². The number of hydrogen-bond acceptors (Lipinski definition) is 3. The lowest BCUT2D eigenvalue weighted by Crippen LogP contribution is -2.15. The minimum Gasteiger partial charge on any atom is -0.324 e. The fraction of sp³-hybridized carbons (Fsp3) is 0.471. The van der Waals surface area contributed by atoms with Gasteiger partial charge in [0.05, 0.1) is 10.7 Å². The third-order valence-corrected chi connectivity index (χ3v) is 4.54. The molecule has 20 heavy (non-hydrogen) atoms. The Morgan fingerprint density at radius 2 is 1.90 bits per heavy atom. The summed E-state index contributed by atoms with van der Waals surface area (Å²) in [6, 6.07) is 6.49. The minimum absolute atomic E-state index is 0.0215. The van der Waals surface area contributed by atoms with E-state index in [1.165, 1.54) is 16.7 Å². The van der Waals surface area contributed by atoms with E-state index in [2.05, 4.69) is 58.2 Å². The minimum atomic E-state index is 0.0215. The van der Waals surface area contributed by atoms with E-state index in [0.29, 0.717) is 0 Å². The van der Waals surface area contributed by atoms with Crippen LogP contribution >= 0.6 is 11.3 Å². The summed E-state index contributed by atoms with van der Waals surface area (Å²) in [5.41, 5.74) is 11.4. The van der Waals surface area contributed by atoms with E-state index in [-0.39, 0.29) is 11.5 Å². The maximum Gasteiger partial charge on any atom is 0.0947 e. The SMILES string of the molecule is Cc1ccc(C(N)Cc2nc(C(C)(C)C)cs2)cc1C. The molecule has 0 aliphatic heterocycles. The average molecular weight is 288 g/mol. The number of thiazole rings is 1. The molecule has 0 aliphatic carbocycles. The molecule has 108 valence electrons. The molecule has 0 fully saturated rings. The molecular formula is C17H24N2S. The highest BCUT2D eigenvalue weighted by molar-refractivity contribution is 7.09. The molecule has 2 nitrogen and oxygen atoms in total. The maximum absolute atomic E-state index is 6.33. The van der Waals surface area contributed by atoms with E-state index < -0.39 is 0 Å². The quantitative estimate of drug-likeness (QED) is 0.914. The second kappa shape index (κ2) is 5.66. The van der Waals surface area contributed by atoms with E-state index in [9.17, 15) is 0 Å². The van der Waals surface area contributed by atoms with Crippen molar-refractivity contribution in [2.45, 2.75) is 52.5 Å². The Morgan fingerprint density at radius 3 is 2.45 bits per heavy atom.